The van der Waals surface area contributed by atoms with Crippen LogP contribution in [0.3, 0.4) is 0 Å². The molecule has 3 heterocycles. The van der Waals surface area contributed by atoms with E-state index in [1.54, 1.807) is 49.0 Å². The maximum atomic E-state index is 13.1. The molecular formula is C24H27N7O4. The highest BCUT2D eigenvalue weighted by Gasteiger charge is 2.25. The van der Waals surface area contributed by atoms with Crippen molar-refractivity contribution in [3.8, 4) is 17.1 Å². The molecule has 0 radical (unpaired) electrons. The van der Waals surface area contributed by atoms with E-state index in [1.165, 1.54) is 6.21 Å². The number of nitrogens with zero attached hydrogens (tertiary/aromatic N) is 5. The van der Waals surface area contributed by atoms with Gasteiger partial charge in [-0.05, 0) is 18.2 Å². The van der Waals surface area contributed by atoms with Crippen LogP contribution in [-0.2, 0) is 14.3 Å². The Morgan fingerprint density at radius 2 is 1.97 bits per heavy atom. The van der Waals surface area contributed by atoms with Crippen molar-refractivity contribution in [3.63, 3.8) is 0 Å². The molecular weight excluding hydrogens is 450 g/mol. The number of likely N-dealkylation sites (N-methyl/N-ethyl adjacent to an activating group) is 1. The Labute approximate surface area is 202 Å². The van der Waals surface area contributed by atoms with Crippen molar-refractivity contribution in [2.45, 2.75) is 0 Å². The molecule has 0 unspecified atom stereocenters. The molecule has 4 rings (SSSR count). The largest absolute Gasteiger partial charge is 0.496 e. The van der Waals surface area contributed by atoms with Gasteiger partial charge in [-0.3, -0.25) is 14.6 Å². The first-order valence-corrected chi connectivity index (χ1v) is 11.1. The molecule has 0 bridgehead atoms. The summed E-state index contributed by atoms with van der Waals surface area (Å²) in [6, 6.07) is 10.9. The number of hydrogen-bond acceptors (Lipinski definition) is 8. The molecule has 1 fully saturated rings. The number of morpholine rings is 1. The highest BCUT2D eigenvalue weighted by Crippen LogP contribution is 2.27. The van der Waals surface area contributed by atoms with Crippen LogP contribution in [0.2, 0.25) is 0 Å². The van der Waals surface area contributed by atoms with Crippen LogP contribution in [0.4, 0.5) is 5.69 Å². The van der Waals surface area contributed by atoms with Gasteiger partial charge in [-0.25, -0.2) is 9.50 Å². The Morgan fingerprint density at radius 3 is 2.69 bits per heavy atom. The van der Waals surface area contributed by atoms with Crippen molar-refractivity contribution in [1.82, 2.24) is 24.8 Å². The summed E-state index contributed by atoms with van der Waals surface area (Å²) in [4.78, 5) is 36.4. The third-order valence-corrected chi connectivity index (χ3v) is 5.48. The molecule has 1 saturated heterocycles. The fraction of sp³-hybridized carbons (Fsp3) is 0.292. The lowest BCUT2D eigenvalue weighted by atomic mass is 10.1. The van der Waals surface area contributed by atoms with Gasteiger partial charge in [-0.2, -0.15) is 0 Å². The van der Waals surface area contributed by atoms with Crippen LogP contribution in [0.25, 0.3) is 17.0 Å². The molecule has 0 aliphatic carbocycles. The van der Waals surface area contributed by atoms with E-state index >= 15 is 0 Å². The average molecular weight is 478 g/mol. The zero-order valence-corrected chi connectivity index (χ0v) is 19.8. The lowest BCUT2D eigenvalue weighted by Crippen LogP contribution is -2.43. The Bertz CT molecular complexity index is 1290. The number of fused-ring (bicyclic) bond motifs is 1. The van der Waals surface area contributed by atoms with E-state index in [9.17, 15) is 9.59 Å². The first-order chi connectivity index (χ1) is 17.0. The first kappa shape index (κ1) is 23.9. The minimum Gasteiger partial charge on any atom is -0.496 e. The van der Waals surface area contributed by atoms with Gasteiger partial charge in [0, 0.05) is 51.4 Å². The second-order valence-corrected chi connectivity index (χ2v) is 7.64. The maximum Gasteiger partial charge on any atom is 0.272 e. The van der Waals surface area contributed by atoms with Crippen LogP contribution < -0.4 is 15.4 Å². The number of nitrogens with one attached hydrogen (secondary N) is 2. The molecule has 1 aromatic carbocycles. The number of ether oxygens (including phenoxy) is 2. The normalized spacial score (nSPS) is 14.7. The zero-order chi connectivity index (χ0) is 24.8. The van der Waals surface area contributed by atoms with E-state index in [0.29, 0.717) is 49.2 Å². The van der Waals surface area contributed by atoms with Gasteiger partial charge in [0.15, 0.2) is 11.5 Å². The molecule has 2 aromatic heterocycles. The monoisotopic (exact) mass is 477 g/mol. The van der Waals surface area contributed by atoms with Gasteiger partial charge in [0.1, 0.15) is 11.4 Å². The van der Waals surface area contributed by atoms with E-state index < -0.39 is 5.91 Å². The zero-order valence-electron chi connectivity index (χ0n) is 19.8. The molecule has 3 aromatic rings. The predicted molar refractivity (Wildman–Crippen MR) is 132 cm³/mol. The van der Waals surface area contributed by atoms with Crippen LogP contribution in [0, 0.1) is 0 Å². The number of methoxy groups -OCH3 is 1. The molecule has 2 amide bonds. The fourth-order valence-corrected chi connectivity index (χ4v) is 3.76. The lowest BCUT2D eigenvalue weighted by Gasteiger charge is -2.27. The van der Waals surface area contributed by atoms with Crippen molar-refractivity contribution in [2.75, 3.05) is 52.8 Å². The minimum atomic E-state index is -0.474. The van der Waals surface area contributed by atoms with E-state index in [-0.39, 0.29) is 17.2 Å². The Morgan fingerprint density at radius 1 is 1.20 bits per heavy atom. The average Bonchev–Trinajstić information content (AvgIpc) is 3.32. The van der Waals surface area contributed by atoms with E-state index in [0.717, 1.165) is 5.56 Å². The van der Waals surface area contributed by atoms with Crippen molar-refractivity contribution in [2.24, 2.45) is 4.99 Å². The smallest absolute Gasteiger partial charge is 0.272 e. The van der Waals surface area contributed by atoms with Crippen LogP contribution in [0.15, 0.2) is 58.9 Å². The molecule has 1 aliphatic rings. The highest BCUT2D eigenvalue weighted by molar-refractivity contribution is 6.19. The number of para-hydroxylation sites is 1. The summed E-state index contributed by atoms with van der Waals surface area (Å²) >= 11 is 0. The lowest BCUT2D eigenvalue weighted by molar-refractivity contribution is -0.130. The third-order valence-electron chi connectivity index (χ3n) is 5.48. The first-order valence-electron chi connectivity index (χ1n) is 11.1. The number of pyridine rings is 1. The summed E-state index contributed by atoms with van der Waals surface area (Å²) in [5.41, 5.74) is 2.09. The summed E-state index contributed by atoms with van der Waals surface area (Å²) in [5.74, 6) is 0.403. The number of aliphatic imine (C=N–C) groups is 1. The van der Waals surface area contributed by atoms with Gasteiger partial charge in [0.25, 0.3) is 11.8 Å². The topological polar surface area (TPSA) is 122 Å². The van der Waals surface area contributed by atoms with Crippen LogP contribution in [-0.4, -0.2) is 85.0 Å². The SMILES string of the molecule is C/N=C\C(C(=O)N1CCOCC1)=C(/NC)C(=O)Nc1ccn2nc(-c3ccccc3OC)nc2c1. The van der Waals surface area contributed by atoms with Gasteiger partial charge in [-0.15, -0.1) is 5.10 Å². The second-order valence-electron chi connectivity index (χ2n) is 7.64. The van der Waals surface area contributed by atoms with Gasteiger partial charge >= 0.3 is 0 Å². The molecule has 2 N–H and O–H groups in total. The number of hydrogen-bond donors (Lipinski definition) is 2. The summed E-state index contributed by atoms with van der Waals surface area (Å²) in [6.45, 7) is 1.82. The number of carbonyl (C=O) groups is 2. The molecule has 0 saturated carbocycles. The predicted octanol–water partition coefficient (Wildman–Crippen LogP) is 1.38. The number of aromatic nitrogens is 3. The molecule has 35 heavy (non-hydrogen) atoms. The Balaban J connectivity index is 1.61. The number of amides is 2. The highest BCUT2D eigenvalue weighted by atomic mass is 16.5. The van der Waals surface area contributed by atoms with Crippen molar-refractivity contribution < 1.29 is 19.1 Å². The Kier molecular flexibility index (Phi) is 7.36. The van der Waals surface area contributed by atoms with E-state index in [2.05, 4.69) is 25.7 Å². The summed E-state index contributed by atoms with van der Waals surface area (Å²) in [5, 5.41) is 10.2. The molecule has 11 heteroatoms. The number of carbonyl (C=O) groups excluding carboxylic acids is 2. The van der Waals surface area contributed by atoms with Crippen molar-refractivity contribution >= 4 is 29.4 Å². The second kappa shape index (κ2) is 10.8. The van der Waals surface area contributed by atoms with Gasteiger partial charge < -0.3 is 25.0 Å². The molecule has 0 spiro atoms. The molecule has 182 valence electrons. The summed E-state index contributed by atoms with van der Waals surface area (Å²) in [6.07, 6.45) is 3.09. The summed E-state index contributed by atoms with van der Waals surface area (Å²) < 4.78 is 12.3. The van der Waals surface area contributed by atoms with Crippen molar-refractivity contribution in [1.29, 1.82) is 0 Å². The van der Waals surface area contributed by atoms with Crippen LogP contribution >= 0.6 is 0 Å². The van der Waals surface area contributed by atoms with Gasteiger partial charge in [0.2, 0.25) is 0 Å². The third kappa shape index (κ3) is 5.14. The van der Waals surface area contributed by atoms with Crippen molar-refractivity contribution in [3.05, 3.63) is 53.9 Å². The summed E-state index contributed by atoms with van der Waals surface area (Å²) in [7, 11) is 4.74. The number of anilines is 1. The van der Waals surface area contributed by atoms with Crippen LogP contribution in [0.1, 0.15) is 0 Å². The fourth-order valence-electron chi connectivity index (χ4n) is 3.76. The van der Waals surface area contributed by atoms with E-state index in [1.807, 2.05) is 24.3 Å². The molecule has 11 nitrogen and oxygen atoms in total. The van der Waals surface area contributed by atoms with Gasteiger partial charge in [-0.1, -0.05) is 12.1 Å². The molecule has 0 atom stereocenters. The molecule has 1 aliphatic heterocycles. The number of benzene rings is 1. The van der Waals surface area contributed by atoms with Crippen LogP contribution in [0.5, 0.6) is 5.75 Å². The standard InChI is InChI=1S/C24H27N7O4/c1-25-15-18(24(33)30-10-12-35-13-11-30)21(26-2)23(32)27-16-8-9-31-20(14-16)28-22(29-31)17-6-4-5-7-19(17)34-3/h4-9,14-15,26H,10-13H2,1-3H3,(H,27,32)/b21-18+,25-15-. The van der Waals surface area contributed by atoms with Gasteiger partial charge in [0.05, 0.1) is 31.5 Å². The quantitative estimate of drug-likeness (QED) is 0.389. The Hall–Kier alpha value is -4.25. The maximum absolute atomic E-state index is 13.1. The number of rotatable bonds is 7. The minimum absolute atomic E-state index is 0.114. The van der Waals surface area contributed by atoms with E-state index in [4.69, 9.17) is 9.47 Å².